The summed E-state index contributed by atoms with van der Waals surface area (Å²) < 4.78 is 27.2. The van der Waals surface area contributed by atoms with Crippen molar-refractivity contribution in [3.63, 3.8) is 0 Å². The smallest absolute Gasteiger partial charge is 0.423 e. The first kappa shape index (κ1) is 16.7. The summed E-state index contributed by atoms with van der Waals surface area (Å²) in [5.74, 6) is 0. The lowest BCUT2D eigenvalue weighted by Gasteiger charge is -2.14. The quantitative estimate of drug-likeness (QED) is 0.668. The second-order valence-electron chi connectivity index (χ2n) is 5.15. The highest BCUT2D eigenvalue weighted by Gasteiger charge is 2.19. The number of hydrogen-bond donors (Lipinski definition) is 3. The Bertz CT molecular complexity index is 702. The second kappa shape index (κ2) is 7.06. The van der Waals surface area contributed by atoms with E-state index in [0.717, 1.165) is 5.56 Å². The van der Waals surface area contributed by atoms with Gasteiger partial charge in [-0.2, -0.15) is 0 Å². The molecule has 0 radical (unpaired) electrons. The van der Waals surface area contributed by atoms with E-state index in [1.54, 1.807) is 6.92 Å². The molecule has 0 spiro atoms. The zero-order chi connectivity index (χ0) is 16.2. The van der Waals surface area contributed by atoms with Crippen LogP contribution in [0.25, 0.3) is 0 Å². The predicted molar refractivity (Wildman–Crippen MR) is 86.2 cm³/mol. The Morgan fingerprint density at radius 1 is 1.05 bits per heavy atom. The zero-order valence-electron chi connectivity index (χ0n) is 12.2. The van der Waals surface area contributed by atoms with Gasteiger partial charge in [-0.1, -0.05) is 42.5 Å². The van der Waals surface area contributed by atoms with Crippen LogP contribution in [0.4, 0.5) is 0 Å². The Morgan fingerprint density at radius 2 is 1.64 bits per heavy atom. The molecule has 0 aromatic heterocycles. The summed E-state index contributed by atoms with van der Waals surface area (Å²) in [5, 5.41) is 18.0. The molecule has 5 nitrogen and oxygen atoms in total. The van der Waals surface area contributed by atoms with Gasteiger partial charge in [0.1, 0.15) is 0 Å². The molecular formula is C15H18BNO4S. The largest absolute Gasteiger partial charge is 0.488 e. The van der Waals surface area contributed by atoms with Crippen molar-refractivity contribution in [3.8, 4) is 0 Å². The Labute approximate surface area is 130 Å². The standard InChI is InChI=1S/C15H18BNO4S/c1-12(11-13-5-3-2-4-6-13)17-22(20,21)15-9-7-14(8-10-15)16(18)19/h2-10,12,17-19H,11H2,1H3. The molecule has 2 aromatic carbocycles. The van der Waals surface area contributed by atoms with E-state index in [-0.39, 0.29) is 16.4 Å². The van der Waals surface area contributed by atoms with E-state index < -0.39 is 17.1 Å². The normalized spacial score (nSPS) is 12.9. The molecule has 0 aliphatic heterocycles. The maximum Gasteiger partial charge on any atom is 0.488 e. The summed E-state index contributed by atoms with van der Waals surface area (Å²) in [6, 6.07) is 14.8. The fourth-order valence-corrected chi connectivity index (χ4v) is 3.40. The van der Waals surface area contributed by atoms with Gasteiger partial charge in [-0.25, -0.2) is 13.1 Å². The molecule has 22 heavy (non-hydrogen) atoms. The Morgan fingerprint density at radius 3 is 2.18 bits per heavy atom. The van der Waals surface area contributed by atoms with Gasteiger partial charge in [0.15, 0.2) is 0 Å². The van der Waals surface area contributed by atoms with Crippen LogP contribution in [0, 0.1) is 0 Å². The average molecular weight is 319 g/mol. The first-order chi connectivity index (χ1) is 10.4. The summed E-state index contributed by atoms with van der Waals surface area (Å²) in [7, 11) is -5.24. The van der Waals surface area contributed by atoms with E-state index in [1.165, 1.54) is 24.3 Å². The second-order valence-corrected chi connectivity index (χ2v) is 6.87. The van der Waals surface area contributed by atoms with Gasteiger partial charge in [0.05, 0.1) is 4.90 Å². The molecule has 0 saturated carbocycles. The molecule has 7 heteroatoms. The number of benzene rings is 2. The van der Waals surface area contributed by atoms with Crippen LogP contribution in [0.2, 0.25) is 0 Å². The van der Waals surface area contributed by atoms with E-state index in [0.29, 0.717) is 6.42 Å². The monoisotopic (exact) mass is 319 g/mol. The summed E-state index contributed by atoms with van der Waals surface area (Å²) in [5.41, 5.74) is 1.30. The third-order valence-electron chi connectivity index (χ3n) is 3.23. The Kier molecular flexibility index (Phi) is 5.36. The summed E-state index contributed by atoms with van der Waals surface area (Å²) in [6.07, 6.45) is 0.591. The molecular weight excluding hydrogens is 301 g/mol. The minimum atomic E-state index is -3.64. The van der Waals surface area contributed by atoms with Crippen LogP contribution in [0.1, 0.15) is 12.5 Å². The Hall–Kier alpha value is -1.67. The van der Waals surface area contributed by atoms with Crippen LogP contribution in [-0.4, -0.2) is 31.6 Å². The molecule has 2 aromatic rings. The third kappa shape index (κ3) is 4.41. The van der Waals surface area contributed by atoms with Crippen LogP contribution in [-0.2, 0) is 16.4 Å². The van der Waals surface area contributed by atoms with E-state index in [4.69, 9.17) is 10.0 Å². The van der Waals surface area contributed by atoms with Gasteiger partial charge in [0, 0.05) is 6.04 Å². The average Bonchev–Trinajstić information content (AvgIpc) is 2.47. The minimum absolute atomic E-state index is 0.0943. The molecule has 0 aliphatic rings. The summed E-state index contributed by atoms with van der Waals surface area (Å²) >= 11 is 0. The van der Waals surface area contributed by atoms with E-state index >= 15 is 0 Å². The highest BCUT2D eigenvalue weighted by molar-refractivity contribution is 7.89. The fraction of sp³-hybridized carbons (Fsp3) is 0.200. The molecule has 2 rings (SSSR count). The Balaban J connectivity index is 2.07. The van der Waals surface area contributed by atoms with Crippen molar-refractivity contribution in [2.45, 2.75) is 24.3 Å². The van der Waals surface area contributed by atoms with Crippen molar-refractivity contribution in [1.82, 2.24) is 4.72 Å². The maximum atomic E-state index is 12.3. The third-order valence-corrected chi connectivity index (χ3v) is 4.84. The van der Waals surface area contributed by atoms with Crippen LogP contribution in [0.5, 0.6) is 0 Å². The number of rotatable bonds is 6. The maximum absolute atomic E-state index is 12.3. The molecule has 3 N–H and O–H groups in total. The first-order valence-electron chi connectivity index (χ1n) is 6.91. The van der Waals surface area contributed by atoms with Gasteiger partial charge in [-0.15, -0.1) is 0 Å². The number of hydrogen-bond acceptors (Lipinski definition) is 4. The van der Waals surface area contributed by atoms with Crippen LogP contribution < -0.4 is 10.2 Å². The molecule has 0 aliphatic carbocycles. The summed E-state index contributed by atoms with van der Waals surface area (Å²) in [6.45, 7) is 1.80. The lowest BCUT2D eigenvalue weighted by atomic mass is 9.81. The van der Waals surface area contributed by atoms with E-state index in [2.05, 4.69) is 4.72 Å². The van der Waals surface area contributed by atoms with Crippen molar-refractivity contribution in [3.05, 3.63) is 60.2 Å². The highest BCUT2D eigenvalue weighted by atomic mass is 32.2. The van der Waals surface area contributed by atoms with E-state index in [1.807, 2.05) is 30.3 Å². The predicted octanol–water partition coefficient (Wildman–Crippen LogP) is 0.276. The zero-order valence-corrected chi connectivity index (χ0v) is 13.0. The van der Waals surface area contributed by atoms with Crippen molar-refractivity contribution in [2.75, 3.05) is 0 Å². The molecule has 0 amide bonds. The van der Waals surface area contributed by atoms with Crippen molar-refractivity contribution in [1.29, 1.82) is 0 Å². The van der Waals surface area contributed by atoms with Gasteiger partial charge < -0.3 is 10.0 Å². The topological polar surface area (TPSA) is 86.6 Å². The van der Waals surface area contributed by atoms with Crippen LogP contribution in [0.3, 0.4) is 0 Å². The van der Waals surface area contributed by atoms with Crippen LogP contribution in [0.15, 0.2) is 59.5 Å². The molecule has 0 fully saturated rings. The molecule has 0 bridgehead atoms. The van der Waals surface area contributed by atoms with Gasteiger partial charge in [0.2, 0.25) is 10.0 Å². The van der Waals surface area contributed by atoms with Gasteiger partial charge in [0.25, 0.3) is 0 Å². The first-order valence-corrected chi connectivity index (χ1v) is 8.39. The molecule has 116 valence electrons. The van der Waals surface area contributed by atoms with Crippen molar-refractivity contribution >= 4 is 22.6 Å². The molecule has 0 saturated heterocycles. The van der Waals surface area contributed by atoms with Crippen molar-refractivity contribution in [2.24, 2.45) is 0 Å². The molecule has 1 atom stereocenters. The molecule has 0 heterocycles. The van der Waals surface area contributed by atoms with E-state index in [9.17, 15) is 8.42 Å². The molecule has 1 unspecified atom stereocenters. The highest BCUT2D eigenvalue weighted by Crippen LogP contribution is 2.10. The van der Waals surface area contributed by atoms with Gasteiger partial charge >= 0.3 is 7.12 Å². The van der Waals surface area contributed by atoms with Gasteiger partial charge in [-0.3, -0.25) is 0 Å². The van der Waals surface area contributed by atoms with Crippen LogP contribution >= 0.6 is 0 Å². The SMILES string of the molecule is CC(Cc1ccccc1)NS(=O)(=O)c1ccc(B(O)O)cc1. The number of sulfonamides is 1. The van der Waals surface area contributed by atoms with Gasteiger partial charge in [-0.05, 0) is 36.5 Å². The lowest BCUT2D eigenvalue weighted by Crippen LogP contribution is -2.35. The van der Waals surface area contributed by atoms with Crippen molar-refractivity contribution < 1.29 is 18.5 Å². The minimum Gasteiger partial charge on any atom is -0.423 e. The lowest BCUT2D eigenvalue weighted by molar-refractivity contribution is 0.425. The fourth-order valence-electron chi connectivity index (χ4n) is 2.16. The number of nitrogens with one attached hydrogen (secondary N) is 1. The summed E-state index contributed by atoms with van der Waals surface area (Å²) in [4.78, 5) is 0.0943.